The molecule has 11 nitrogen and oxygen atoms in total. The Kier molecular flexibility index (Phi) is 4.98. The molecule has 4 aromatic rings. The molecule has 1 aromatic carbocycles. The number of hydrogen-bond acceptors (Lipinski definition) is 7. The number of amides is 2. The quantitative estimate of drug-likeness (QED) is 0.364. The summed E-state index contributed by atoms with van der Waals surface area (Å²) in [4.78, 5) is 52.7. The molecule has 12 heteroatoms. The van der Waals surface area contributed by atoms with E-state index in [9.17, 15) is 19.2 Å². The topological polar surface area (TPSA) is 155 Å². The molecule has 0 spiro atoms. The third-order valence-electron chi connectivity index (χ3n) is 4.20. The molecule has 2 amide bonds. The van der Waals surface area contributed by atoms with E-state index in [1.165, 1.54) is 23.5 Å². The van der Waals surface area contributed by atoms with Crippen molar-refractivity contribution in [1.82, 2.24) is 30.3 Å². The van der Waals surface area contributed by atoms with Crippen LogP contribution in [0, 0.1) is 0 Å². The highest BCUT2D eigenvalue weighted by molar-refractivity contribution is 7.13. The number of nitrogens with one attached hydrogen (secondary N) is 4. The number of thiazole rings is 1. The van der Waals surface area contributed by atoms with Gasteiger partial charge in [-0.2, -0.15) is 5.10 Å². The van der Waals surface area contributed by atoms with E-state index >= 15 is 0 Å². The van der Waals surface area contributed by atoms with Crippen molar-refractivity contribution < 1.29 is 9.59 Å². The zero-order valence-corrected chi connectivity index (χ0v) is 16.4. The summed E-state index contributed by atoms with van der Waals surface area (Å²) in [6, 6.07) is 4.51. The van der Waals surface area contributed by atoms with Gasteiger partial charge in [0.1, 0.15) is 10.7 Å². The SMILES string of the molecule is Cn1cc(-c2nc(C(=O)NCC(=O)Nc3cccc4c(=O)[nH][nH]c(=O)c34)cs2)cn1. The van der Waals surface area contributed by atoms with Crippen LogP contribution in [-0.2, 0) is 11.8 Å². The number of anilines is 1. The first kappa shape index (κ1) is 19.3. The van der Waals surface area contributed by atoms with Gasteiger partial charge in [-0.3, -0.25) is 34.1 Å². The van der Waals surface area contributed by atoms with Crippen molar-refractivity contribution in [1.29, 1.82) is 0 Å². The smallest absolute Gasteiger partial charge is 0.272 e. The minimum atomic E-state index is -0.557. The van der Waals surface area contributed by atoms with Crippen LogP contribution in [0.25, 0.3) is 21.3 Å². The zero-order valence-electron chi connectivity index (χ0n) is 15.6. The van der Waals surface area contributed by atoms with E-state index < -0.39 is 22.9 Å². The minimum Gasteiger partial charge on any atom is -0.342 e. The number of rotatable bonds is 5. The Morgan fingerprint density at radius 2 is 2.00 bits per heavy atom. The Morgan fingerprint density at radius 1 is 1.20 bits per heavy atom. The molecule has 0 aliphatic rings. The van der Waals surface area contributed by atoms with Crippen LogP contribution in [0.1, 0.15) is 10.5 Å². The second kappa shape index (κ2) is 7.75. The first-order chi connectivity index (χ1) is 14.4. The molecule has 0 fully saturated rings. The maximum atomic E-state index is 12.3. The van der Waals surface area contributed by atoms with Crippen LogP contribution in [0.3, 0.4) is 0 Å². The first-order valence-corrected chi connectivity index (χ1v) is 9.56. The number of H-pyrrole nitrogens is 2. The van der Waals surface area contributed by atoms with Crippen LogP contribution in [0.2, 0.25) is 0 Å². The minimum absolute atomic E-state index is 0.0570. The molecule has 0 aliphatic carbocycles. The summed E-state index contributed by atoms with van der Waals surface area (Å²) in [5.74, 6) is -1.07. The lowest BCUT2D eigenvalue weighted by Gasteiger charge is -2.08. The van der Waals surface area contributed by atoms with Crippen molar-refractivity contribution in [3.8, 4) is 10.6 Å². The van der Waals surface area contributed by atoms with Gasteiger partial charge in [0.15, 0.2) is 0 Å². The molecule has 3 aromatic heterocycles. The fourth-order valence-electron chi connectivity index (χ4n) is 2.82. The third kappa shape index (κ3) is 3.75. The number of aromatic amines is 2. The Labute approximate surface area is 171 Å². The fourth-order valence-corrected chi connectivity index (χ4v) is 3.60. The average Bonchev–Trinajstić information content (AvgIpc) is 3.38. The lowest BCUT2D eigenvalue weighted by Crippen LogP contribution is -2.33. The third-order valence-corrected chi connectivity index (χ3v) is 5.09. The van der Waals surface area contributed by atoms with Crippen molar-refractivity contribution in [2.75, 3.05) is 11.9 Å². The van der Waals surface area contributed by atoms with Gasteiger partial charge in [0, 0.05) is 24.2 Å². The Balaban J connectivity index is 1.43. The summed E-state index contributed by atoms with van der Waals surface area (Å²) in [6.07, 6.45) is 3.43. The molecular formula is C18H15N7O4S. The van der Waals surface area contributed by atoms with Crippen molar-refractivity contribution >= 4 is 39.6 Å². The van der Waals surface area contributed by atoms with E-state index in [-0.39, 0.29) is 28.7 Å². The van der Waals surface area contributed by atoms with E-state index in [0.29, 0.717) is 5.01 Å². The van der Waals surface area contributed by atoms with Crippen LogP contribution in [0.15, 0.2) is 45.6 Å². The van der Waals surface area contributed by atoms with E-state index in [4.69, 9.17) is 0 Å². The van der Waals surface area contributed by atoms with Gasteiger partial charge in [-0.25, -0.2) is 4.98 Å². The molecule has 4 rings (SSSR count). The van der Waals surface area contributed by atoms with Gasteiger partial charge in [0.05, 0.1) is 29.2 Å². The second-order valence-electron chi connectivity index (χ2n) is 6.31. The maximum absolute atomic E-state index is 12.3. The number of hydrogen-bond donors (Lipinski definition) is 4. The summed E-state index contributed by atoms with van der Waals surface area (Å²) < 4.78 is 1.63. The van der Waals surface area contributed by atoms with E-state index in [1.807, 2.05) is 0 Å². The van der Waals surface area contributed by atoms with E-state index in [2.05, 4.69) is 30.9 Å². The normalized spacial score (nSPS) is 10.8. The van der Waals surface area contributed by atoms with E-state index in [1.54, 1.807) is 35.6 Å². The Morgan fingerprint density at radius 3 is 2.77 bits per heavy atom. The summed E-state index contributed by atoms with van der Waals surface area (Å²) >= 11 is 1.29. The molecular weight excluding hydrogens is 410 g/mol. The molecule has 0 unspecified atom stereocenters. The van der Waals surface area contributed by atoms with Crippen LogP contribution in [0.5, 0.6) is 0 Å². The monoisotopic (exact) mass is 425 g/mol. The van der Waals surface area contributed by atoms with E-state index in [0.717, 1.165) is 5.56 Å². The number of nitrogens with zero attached hydrogens (tertiary/aromatic N) is 3. The van der Waals surface area contributed by atoms with Crippen molar-refractivity contribution in [3.63, 3.8) is 0 Å². The molecule has 0 bridgehead atoms. The maximum Gasteiger partial charge on any atom is 0.272 e. The number of carbonyl (C=O) groups is 2. The molecule has 30 heavy (non-hydrogen) atoms. The number of fused-ring (bicyclic) bond motifs is 1. The van der Waals surface area contributed by atoms with Crippen molar-refractivity contribution in [3.05, 3.63) is 62.4 Å². The molecule has 3 heterocycles. The Bertz CT molecular complexity index is 1380. The highest BCUT2D eigenvalue weighted by Crippen LogP contribution is 2.22. The van der Waals surface area contributed by atoms with Gasteiger partial charge in [-0.15, -0.1) is 11.3 Å². The molecule has 4 N–H and O–H groups in total. The summed E-state index contributed by atoms with van der Waals surface area (Å²) in [5, 5.41) is 16.0. The van der Waals surface area contributed by atoms with Crippen LogP contribution in [0.4, 0.5) is 5.69 Å². The van der Waals surface area contributed by atoms with Crippen LogP contribution < -0.4 is 21.8 Å². The van der Waals surface area contributed by atoms with Gasteiger partial charge in [0.25, 0.3) is 17.0 Å². The van der Waals surface area contributed by atoms with Gasteiger partial charge in [-0.05, 0) is 12.1 Å². The Hall–Kier alpha value is -4.06. The number of carbonyl (C=O) groups excluding carboxylic acids is 2. The van der Waals surface area contributed by atoms with Crippen LogP contribution >= 0.6 is 11.3 Å². The molecule has 0 radical (unpaired) electrons. The zero-order chi connectivity index (χ0) is 21.3. The number of benzene rings is 1. The average molecular weight is 425 g/mol. The van der Waals surface area contributed by atoms with Crippen LogP contribution in [-0.4, -0.2) is 43.3 Å². The van der Waals surface area contributed by atoms with Crippen molar-refractivity contribution in [2.24, 2.45) is 7.05 Å². The second-order valence-corrected chi connectivity index (χ2v) is 7.17. The van der Waals surface area contributed by atoms with Gasteiger partial charge >= 0.3 is 0 Å². The summed E-state index contributed by atoms with van der Waals surface area (Å²) in [5.41, 5.74) is 0.110. The molecule has 152 valence electrons. The highest BCUT2D eigenvalue weighted by Gasteiger charge is 2.15. The number of aryl methyl sites for hydroxylation is 1. The van der Waals surface area contributed by atoms with Gasteiger partial charge in [-0.1, -0.05) is 6.07 Å². The predicted molar refractivity (Wildman–Crippen MR) is 110 cm³/mol. The lowest BCUT2D eigenvalue weighted by atomic mass is 10.1. The summed E-state index contributed by atoms with van der Waals surface area (Å²) in [6.45, 7) is -0.337. The molecule has 0 aliphatic heterocycles. The van der Waals surface area contributed by atoms with Crippen molar-refractivity contribution in [2.45, 2.75) is 0 Å². The highest BCUT2D eigenvalue weighted by atomic mass is 32.1. The number of aromatic nitrogens is 5. The fraction of sp³-hybridized carbons (Fsp3) is 0.111. The lowest BCUT2D eigenvalue weighted by molar-refractivity contribution is -0.115. The molecule has 0 saturated heterocycles. The van der Waals surface area contributed by atoms with Gasteiger partial charge in [0.2, 0.25) is 5.91 Å². The largest absolute Gasteiger partial charge is 0.342 e. The molecule has 0 atom stereocenters. The standard InChI is InChI=1S/C18H15N7O4S/c1-25-7-9(5-20-25)18-22-12(8-30-18)16(28)19-6-13(26)21-11-4-2-3-10-14(11)17(29)24-23-15(10)27/h2-5,7-8H,6H2,1H3,(H,19,28)(H,21,26)(H,23,27)(H,24,29). The first-order valence-electron chi connectivity index (χ1n) is 8.68. The predicted octanol–water partition coefficient (Wildman–Crippen LogP) is 0.442. The van der Waals surface area contributed by atoms with Gasteiger partial charge < -0.3 is 10.6 Å². The molecule has 0 saturated carbocycles. The summed E-state index contributed by atoms with van der Waals surface area (Å²) in [7, 11) is 1.78.